The van der Waals surface area contributed by atoms with Crippen molar-refractivity contribution in [2.75, 3.05) is 13.2 Å². The first-order valence-corrected chi connectivity index (χ1v) is 35.4. The Hall–Kier alpha value is -3.93. The van der Waals surface area contributed by atoms with Crippen LogP contribution in [0.4, 0.5) is 0 Å². The highest BCUT2D eigenvalue weighted by Gasteiger charge is 2.19. The summed E-state index contributed by atoms with van der Waals surface area (Å²) in [6.07, 6.45) is 97.3. The number of rotatable bonds is 64. The summed E-state index contributed by atoms with van der Waals surface area (Å²) in [5, 5.41) is 0. The van der Waals surface area contributed by atoms with Crippen molar-refractivity contribution in [3.8, 4) is 0 Å². The van der Waals surface area contributed by atoms with Crippen LogP contribution in [0.5, 0.6) is 0 Å². The second kappa shape index (κ2) is 70.6. The number of esters is 3. The highest BCUT2D eigenvalue weighted by Crippen LogP contribution is 2.17. The second-order valence-corrected chi connectivity index (χ2v) is 23.4. The van der Waals surface area contributed by atoms with Gasteiger partial charge in [-0.15, -0.1) is 0 Å². The zero-order valence-electron chi connectivity index (χ0n) is 54.7. The van der Waals surface area contributed by atoms with Crippen molar-refractivity contribution in [1.29, 1.82) is 0 Å². The largest absolute Gasteiger partial charge is 0.462 e. The predicted molar refractivity (Wildman–Crippen MR) is 362 cm³/mol. The maximum atomic E-state index is 12.9. The lowest BCUT2D eigenvalue weighted by molar-refractivity contribution is -0.166. The molecule has 6 heteroatoms. The van der Waals surface area contributed by atoms with Crippen molar-refractivity contribution in [3.63, 3.8) is 0 Å². The van der Waals surface area contributed by atoms with Gasteiger partial charge in [-0.1, -0.05) is 323 Å². The van der Waals surface area contributed by atoms with Crippen LogP contribution < -0.4 is 0 Å². The van der Waals surface area contributed by atoms with E-state index in [1.807, 2.05) is 6.08 Å². The minimum absolute atomic E-state index is 0.108. The number of carbonyl (C=O) groups is 3. The van der Waals surface area contributed by atoms with E-state index in [4.69, 9.17) is 14.2 Å². The second-order valence-electron chi connectivity index (χ2n) is 23.4. The van der Waals surface area contributed by atoms with Gasteiger partial charge in [0.1, 0.15) is 13.2 Å². The molecular weight excluding hydrogens is 1020 g/mol. The van der Waals surface area contributed by atoms with Crippen LogP contribution in [0.15, 0.2) is 109 Å². The molecule has 0 bridgehead atoms. The number of ether oxygens (including phenoxy) is 3. The topological polar surface area (TPSA) is 78.9 Å². The summed E-state index contributed by atoms with van der Waals surface area (Å²) < 4.78 is 16.8. The van der Waals surface area contributed by atoms with Crippen molar-refractivity contribution in [1.82, 2.24) is 0 Å². The summed E-state index contributed by atoms with van der Waals surface area (Å²) in [6.45, 7) is 6.45. The molecule has 1 atom stereocenters. The van der Waals surface area contributed by atoms with Gasteiger partial charge in [-0.3, -0.25) is 14.4 Å². The summed E-state index contributed by atoms with van der Waals surface area (Å²) >= 11 is 0. The molecule has 0 heterocycles. The fraction of sp³-hybridized carbons (Fsp3) is 0.727. The molecule has 6 nitrogen and oxygen atoms in total. The predicted octanol–water partition coefficient (Wildman–Crippen LogP) is 24.6. The molecule has 0 aromatic heterocycles. The normalized spacial score (nSPS) is 12.8. The highest BCUT2D eigenvalue weighted by molar-refractivity contribution is 5.72. The standard InChI is InChI=1S/C77H132O6/c1-4-7-10-13-16-19-22-25-28-30-31-32-33-34-35-36-37-38-39-40-41-42-43-44-45-47-49-52-55-58-61-64-67-70-76(79)82-73-74(72-81-75(78)69-66-63-60-57-54-51-48-27-24-21-18-15-12-9-6-3)83-77(80)71-68-65-62-59-56-53-50-46-29-26-23-20-17-14-11-8-5-2/h9,12,18,21-22,25-27,29-31,33-34,48,54,57,63,66,74H,4-8,10-11,13-17,19-20,23-24,28,32,35-47,49-53,55-56,58-62,64-65,67-73H2,1-3H3/b12-9-,21-18-,25-22-,29-26-,31-30-,34-33-,48-27-,57-54-,66-63-. The first kappa shape index (κ1) is 79.1. The molecule has 0 saturated carbocycles. The Bertz CT molecular complexity index is 1660. The Morgan fingerprint density at radius 3 is 0.855 bits per heavy atom. The fourth-order valence-corrected chi connectivity index (χ4v) is 9.99. The molecule has 0 fully saturated rings. The Labute approximate surface area is 514 Å². The van der Waals surface area contributed by atoms with E-state index in [1.54, 1.807) is 6.08 Å². The summed E-state index contributed by atoms with van der Waals surface area (Å²) in [7, 11) is 0. The third-order valence-corrected chi connectivity index (χ3v) is 15.3. The van der Waals surface area contributed by atoms with E-state index >= 15 is 0 Å². The highest BCUT2D eigenvalue weighted by atomic mass is 16.6. The number of carbonyl (C=O) groups excluding carboxylic acids is 3. The summed E-state index contributed by atoms with van der Waals surface area (Å²) in [6, 6.07) is 0. The molecule has 0 aliphatic rings. The minimum Gasteiger partial charge on any atom is -0.462 e. The van der Waals surface area contributed by atoms with Crippen molar-refractivity contribution in [3.05, 3.63) is 109 Å². The molecule has 83 heavy (non-hydrogen) atoms. The van der Waals surface area contributed by atoms with Gasteiger partial charge in [0, 0.05) is 12.8 Å². The van der Waals surface area contributed by atoms with Crippen molar-refractivity contribution in [2.45, 2.75) is 348 Å². The Balaban J connectivity index is 4.25. The average molecular weight is 1150 g/mol. The molecule has 0 rings (SSSR count). The Morgan fingerprint density at radius 1 is 0.265 bits per heavy atom. The minimum atomic E-state index is -0.822. The van der Waals surface area contributed by atoms with Crippen molar-refractivity contribution in [2.24, 2.45) is 0 Å². The van der Waals surface area contributed by atoms with Crippen LogP contribution in [0.3, 0.4) is 0 Å². The Kier molecular flexibility index (Phi) is 67.2. The first-order valence-electron chi connectivity index (χ1n) is 35.4. The molecule has 0 aromatic carbocycles. The molecule has 0 aliphatic carbocycles. The van der Waals surface area contributed by atoms with Crippen LogP contribution in [0.1, 0.15) is 342 Å². The maximum absolute atomic E-state index is 12.9. The van der Waals surface area contributed by atoms with Crippen LogP contribution in [0, 0.1) is 0 Å². The molecule has 0 spiro atoms. The van der Waals surface area contributed by atoms with Gasteiger partial charge in [-0.2, -0.15) is 0 Å². The quantitative estimate of drug-likeness (QED) is 0.0261. The van der Waals surface area contributed by atoms with Gasteiger partial charge in [-0.05, 0) is 109 Å². The van der Waals surface area contributed by atoms with Crippen LogP contribution in [0.2, 0.25) is 0 Å². The summed E-state index contributed by atoms with van der Waals surface area (Å²) in [5.74, 6) is -1.03. The monoisotopic (exact) mass is 1150 g/mol. The van der Waals surface area contributed by atoms with Gasteiger partial charge in [-0.25, -0.2) is 0 Å². The lowest BCUT2D eigenvalue weighted by atomic mass is 10.0. The van der Waals surface area contributed by atoms with Crippen molar-refractivity contribution < 1.29 is 28.6 Å². The lowest BCUT2D eigenvalue weighted by Crippen LogP contribution is -2.30. The number of unbranched alkanes of at least 4 members (excludes halogenated alkanes) is 36. The van der Waals surface area contributed by atoms with Crippen LogP contribution in [0.25, 0.3) is 0 Å². The van der Waals surface area contributed by atoms with Crippen LogP contribution in [-0.4, -0.2) is 37.2 Å². The van der Waals surface area contributed by atoms with Gasteiger partial charge in [0.15, 0.2) is 6.10 Å². The van der Waals surface area contributed by atoms with Gasteiger partial charge < -0.3 is 14.2 Å². The first-order chi connectivity index (χ1) is 41.0. The smallest absolute Gasteiger partial charge is 0.309 e. The zero-order valence-corrected chi connectivity index (χ0v) is 54.7. The van der Waals surface area contributed by atoms with Crippen LogP contribution in [-0.2, 0) is 28.6 Å². The van der Waals surface area contributed by atoms with Crippen LogP contribution >= 0.6 is 0 Å². The molecule has 0 saturated heterocycles. The average Bonchev–Trinajstić information content (AvgIpc) is 3.49. The fourth-order valence-electron chi connectivity index (χ4n) is 9.99. The van der Waals surface area contributed by atoms with Gasteiger partial charge in [0.05, 0.1) is 6.42 Å². The zero-order chi connectivity index (χ0) is 59.9. The molecule has 0 radical (unpaired) electrons. The van der Waals surface area contributed by atoms with E-state index in [9.17, 15) is 14.4 Å². The summed E-state index contributed by atoms with van der Waals surface area (Å²) in [4.78, 5) is 38.3. The molecule has 0 aliphatic heterocycles. The molecular formula is C77H132O6. The lowest BCUT2D eigenvalue weighted by Gasteiger charge is -2.18. The third kappa shape index (κ3) is 68.7. The van der Waals surface area contributed by atoms with E-state index in [0.29, 0.717) is 12.8 Å². The molecule has 0 amide bonds. The number of hydrogen-bond acceptors (Lipinski definition) is 6. The van der Waals surface area contributed by atoms with E-state index in [0.717, 1.165) is 83.5 Å². The maximum Gasteiger partial charge on any atom is 0.309 e. The molecule has 0 N–H and O–H groups in total. The van der Waals surface area contributed by atoms with Crippen molar-refractivity contribution >= 4 is 17.9 Å². The number of hydrogen-bond donors (Lipinski definition) is 0. The van der Waals surface area contributed by atoms with E-state index in [1.165, 1.54) is 218 Å². The molecule has 0 aromatic rings. The molecule has 476 valence electrons. The molecule has 1 unspecified atom stereocenters. The van der Waals surface area contributed by atoms with E-state index < -0.39 is 12.1 Å². The Morgan fingerprint density at radius 2 is 0.518 bits per heavy atom. The van der Waals surface area contributed by atoms with Gasteiger partial charge >= 0.3 is 17.9 Å². The number of allylic oxidation sites excluding steroid dienone is 17. The summed E-state index contributed by atoms with van der Waals surface area (Å²) in [5.41, 5.74) is 0. The SMILES string of the molecule is CC/C=C\C/C=C\C/C=C\C/C=C\C/C=C\CC(=O)OCC(COC(=O)CCCCCCCCCCCCCCCCCCCC/C=C\C/C=C\C/C=C\CCCCCCC)OC(=O)CCCCCCCCC/C=C\CCCCCCCC. The van der Waals surface area contributed by atoms with Gasteiger partial charge in [0.2, 0.25) is 0 Å². The van der Waals surface area contributed by atoms with Gasteiger partial charge in [0.25, 0.3) is 0 Å². The van der Waals surface area contributed by atoms with E-state index in [-0.39, 0.29) is 31.6 Å². The van der Waals surface area contributed by atoms with E-state index in [2.05, 4.69) is 118 Å². The third-order valence-electron chi connectivity index (χ3n) is 15.3.